The van der Waals surface area contributed by atoms with Gasteiger partial charge in [-0.3, -0.25) is 15.0 Å². The van der Waals surface area contributed by atoms with Crippen molar-refractivity contribution in [1.29, 1.82) is 0 Å². The zero-order valence-corrected chi connectivity index (χ0v) is 7.04. The first-order valence-electron chi connectivity index (χ1n) is 4.01. The molecule has 0 saturated carbocycles. The predicted molar refractivity (Wildman–Crippen MR) is 50.6 cm³/mol. The van der Waals surface area contributed by atoms with Crippen molar-refractivity contribution in [1.82, 2.24) is 9.99 Å². The van der Waals surface area contributed by atoms with Gasteiger partial charge in [-0.1, -0.05) is 0 Å². The van der Waals surface area contributed by atoms with Crippen LogP contribution in [0.2, 0.25) is 0 Å². The summed E-state index contributed by atoms with van der Waals surface area (Å²) in [5.41, 5.74) is 1.04. The van der Waals surface area contributed by atoms with Crippen LogP contribution in [-0.2, 0) is 0 Å². The van der Waals surface area contributed by atoms with Gasteiger partial charge in [-0.25, -0.2) is 5.84 Å². The SMILES string of the molecule is NN1C=CC=NC1c1ccncc1. The Morgan fingerprint density at radius 3 is 2.77 bits per heavy atom. The van der Waals surface area contributed by atoms with Crippen molar-refractivity contribution in [2.24, 2.45) is 10.8 Å². The number of nitrogens with zero attached hydrogens (tertiary/aromatic N) is 3. The first kappa shape index (κ1) is 7.94. The van der Waals surface area contributed by atoms with Crippen molar-refractivity contribution < 1.29 is 0 Å². The van der Waals surface area contributed by atoms with Gasteiger partial charge in [-0.2, -0.15) is 0 Å². The van der Waals surface area contributed by atoms with E-state index in [2.05, 4.69) is 9.98 Å². The number of hydrogen-bond acceptors (Lipinski definition) is 4. The molecule has 0 amide bonds. The summed E-state index contributed by atoms with van der Waals surface area (Å²) in [4.78, 5) is 8.18. The Balaban J connectivity index is 2.27. The lowest BCUT2D eigenvalue weighted by Gasteiger charge is -2.24. The van der Waals surface area contributed by atoms with E-state index >= 15 is 0 Å². The first-order chi connectivity index (χ1) is 6.38. The summed E-state index contributed by atoms with van der Waals surface area (Å²) in [5.74, 6) is 5.72. The zero-order chi connectivity index (χ0) is 9.10. The summed E-state index contributed by atoms with van der Waals surface area (Å²) >= 11 is 0. The average molecular weight is 174 g/mol. The highest BCUT2D eigenvalue weighted by molar-refractivity contribution is 5.72. The zero-order valence-electron chi connectivity index (χ0n) is 7.04. The van der Waals surface area contributed by atoms with Crippen LogP contribution >= 0.6 is 0 Å². The molecule has 0 radical (unpaired) electrons. The molecule has 4 nitrogen and oxygen atoms in total. The lowest BCUT2D eigenvalue weighted by atomic mass is 10.2. The van der Waals surface area contributed by atoms with Gasteiger partial charge in [0.2, 0.25) is 0 Å². The van der Waals surface area contributed by atoms with Crippen LogP contribution in [0.25, 0.3) is 0 Å². The molecular formula is C9H10N4. The molecule has 4 heteroatoms. The van der Waals surface area contributed by atoms with Gasteiger partial charge in [0.15, 0.2) is 6.17 Å². The van der Waals surface area contributed by atoms with Crippen LogP contribution in [0.4, 0.5) is 0 Å². The van der Waals surface area contributed by atoms with Crippen LogP contribution in [0.1, 0.15) is 11.7 Å². The molecule has 0 bridgehead atoms. The maximum Gasteiger partial charge on any atom is 0.160 e. The highest BCUT2D eigenvalue weighted by atomic mass is 15.4. The van der Waals surface area contributed by atoms with Crippen LogP contribution in [0.3, 0.4) is 0 Å². The number of hydrogen-bond donors (Lipinski definition) is 1. The number of hydrazine groups is 1. The Morgan fingerprint density at radius 1 is 1.31 bits per heavy atom. The second kappa shape index (κ2) is 3.37. The summed E-state index contributed by atoms with van der Waals surface area (Å²) < 4.78 is 0. The standard InChI is InChI=1S/C9H10N4/c10-13-7-1-4-12-9(13)8-2-5-11-6-3-8/h1-7,9H,10H2. The Morgan fingerprint density at radius 2 is 2.08 bits per heavy atom. The number of aromatic nitrogens is 1. The van der Waals surface area contributed by atoms with Crippen molar-refractivity contribution in [3.05, 3.63) is 42.4 Å². The minimum Gasteiger partial charge on any atom is -0.290 e. The van der Waals surface area contributed by atoms with Gasteiger partial charge >= 0.3 is 0 Å². The number of allylic oxidation sites excluding steroid dienone is 1. The molecule has 2 rings (SSSR count). The molecule has 0 aromatic carbocycles. The summed E-state index contributed by atoms with van der Waals surface area (Å²) in [5, 5.41) is 1.56. The predicted octanol–water partition coefficient (Wildman–Crippen LogP) is 0.854. The van der Waals surface area contributed by atoms with Gasteiger partial charge in [0.1, 0.15) is 0 Å². The normalized spacial score (nSPS) is 20.7. The van der Waals surface area contributed by atoms with Crippen molar-refractivity contribution in [2.75, 3.05) is 0 Å². The van der Waals surface area contributed by atoms with Gasteiger partial charge in [0.25, 0.3) is 0 Å². The molecule has 0 saturated heterocycles. The summed E-state index contributed by atoms with van der Waals surface area (Å²) in [6, 6.07) is 3.81. The molecule has 2 N–H and O–H groups in total. The fourth-order valence-corrected chi connectivity index (χ4v) is 1.22. The Kier molecular flexibility index (Phi) is 2.06. The fraction of sp³-hybridized carbons (Fsp3) is 0.111. The van der Waals surface area contributed by atoms with E-state index in [1.807, 2.05) is 12.1 Å². The molecule has 1 aliphatic heterocycles. The minimum absolute atomic E-state index is 0.118. The molecular weight excluding hydrogens is 164 g/mol. The molecule has 13 heavy (non-hydrogen) atoms. The lowest BCUT2D eigenvalue weighted by Crippen LogP contribution is -2.30. The summed E-state index contributed by atoms with van der Waals surface area (Å²) in [7, 11) is 0. The highest BCUT2D eigenvalue weighted by Gasteiger charge is 2.13. The molecule has 1 atom stereocenters. The molecule has 1 aromatic rings. The van der Waals surface area contributed by atoms with Crippen molar-refractivity contribution in [3.8, 4) is 0 Å². The largest absolute Gasteiger partial charge is 0.290 e. The number of pyridine rings is 1. The average Bonchev–Trinajstić information content (AvgIpc) is 2.20. The van der Waals surface area contributed by atoms with Crippen molar-refractivity contribution in [3.63, 3.8) is 0 Å². The molecule has 0 fully saturated rings. The monoisotopic (exact) mass is 174 g/mol. The van der Waals surface area contributed by atoms with Crippen LogP contribution in [0, 0.1) is 0 Å². The molecule has 1 aliphatic rings. The lowest BCUT2D eigenvalue weighted by molar-refractivity contribution is 0.295. The minimum atomic E-state index is -0.118. The van der Waals surface area contributed by atoms with E-state index in [0.717, 1.165) is 5.56 Å². The summed E-state index contributed by atoms with van der Waals surface area (Å²) in [6.45, 7) is 0. The quantitative estimate of drug-likeness (QED) is 0.642. The number of rotatable bonds is 1. The van der Waals surface area contributed by atoms with Gasteiger partial charge in [0.05, 0.1) is 0 Å². The molecule has 0 spiro atoms. The van der Waals surface area contributed by atoms with Gasteiger partial charge < -0.3 is 0 Å². The maximum absolute atomic E-state index is 5.72. The van der Waals surface area contributed by atoms with E-state index in [0.29, 0.717) is 0 Å². The highest BCUT2D eigenvalue weighted by Crippen LogP contribution is 2.20. The molecule has 66 valence electrons. The third-order valence-corrected chi connectivity index (χ3v) is 1.86. The molecule has 2 heterocycles. The fourth-order valence-electron chi connectivity index (χ4n) is 1.22. The molecule has 1 aromatic heterocycles. The van der Waals surface area contributed by atoms with Crippen LogP contribution < -0.4 is 5.84 Å². The van der Waals surface area contributed by atoms with Gasteiger partial charge in [-0.05, 0) is 18.2 Å². The van der Waals surface area contributed by atoms with Crippen molar-refractivity contribution in [2.45, 2.75) is 6.17 Å². The van der Waals surface area contributed by atoms with Crippen LogP contribution in [0.15, 0.2) is 41.8 Å². The molecule has 0 aliphatic carbocycles. The van der Waals surface area contributed by atoms with E-state index in [-0.39, 0.29) is 6.17 Å². The topological polar surface area (TPSA) is 54.5 Å². The van der Waals surface area contributed by atoms with Gasteiger partial charge in [-0.15, -0.1) is 0 Å². The number of nitrogens with two attached hydrogens (primary N) is 1. The van der Waals surface area contributed by atoms with E-state index in [1.54, 1.807) is 35.9 Å². The molecule has 1 unspecified atom stereocenters. The Bertz CT molecular complexity index is 331. The van der Waals surface area contributed by atoms with Crippen LogP contribution in [-0.4, -0.2) is 16.2 Å². The first-order valence-corrected chi connectivity index (χ1v) is 4.01. The Hall–Kier alpha value is -1.68. The smallest absolute Gasteiger partial charge is 0.160 e. The van der Waals surface area contributed by atoms with Crippen molar-refractivity contribution >= 4 is 6.21 Å². The Labute approximate surface area is 76.4 Å². The van der Waals surface area contributed by atoms with E-state index in [4.69, 9.17) is 5.84 Å². The second-order valence-electron chi connectivity index (χ2n) is 2.74. The summed E-state index contributed by atoms with van der Waals surface area (Å²) in [6.07, 6.45) is 8.69. The van der Waals surface area contributed by atoms with E-state index in [1.165, 1.54) is 0 Å². The van der Waals surface area contributed by atoms with Crippen LogP contribution in [0.5, 0.6) is 0 Å². The third-order valence-electron chi connectivity index (χ3n) is 1.86. The number of aliphatic imine (C=N–C) groups is 1. The van der Waals surface area contributed by atoms with E-state index in [9.17, 15) is 0 Å². The second-order valence-corrected chi connectivity index (χ2v) is 2.74. The van der Waals surface area contributed by atoms with Gasteiger partial charge in [0, 0.05) is 30.4 Å². The maximum atomic E-state index is 5.72. The third kappa shape index (κ3) is 1.57. The van der Waals surface area contributed by atoms with E-state index < -0.39 is 0 Å².